The summed E-state index contributed by atoms with van der Waals surface area (Å²) in [6.45, 7) is 14.5. The topological polar surface area (TPSA) is 87.2 Å². The average Bonchev–Trinajstić information content (AvgIpc) is 3.18. The van der Waals surface area contributed by atoms with Crippen LogP contribution >= 0.6 is 0 Å². The number of nitrogens with zero attached hydrogens (tertiary/aromatic N) is 5. The molecule has 0 atom stereocenters. The number of hydrogen-bond acceptors (Lipinski definition) is 6. The first-order valence-electron chi connectivity index (χ1n) is 12.7. The highest BCUT2D eigenvalue weighted by atomic mass is 16.6. The first-order valence-corrected chi connectivity index (χ1v) is 12.7. The van der Waals surface area contributed by atoms with Crippen LogP contribution in [0.4, 0.5) is 10.6 Å². The van der Waals surface area contributed by atoms with Gasteiger partial charge in [-0.15, -0.1) is 0 Å². The molecule has 0 aliphatic carbocycles. The number of carbonyl (C=O) groups excluding carboxylic acids is 1. The van der Waals surface area contributed by atoms with E-state index >= 15 is 0 Å². The third-order valence-electron chi connectivity index (χ3n) is 6.58. The Kier molecular flexibility index (Phi) is 6.35. The summed E-state index contributed by atoms with van der Waals surface area (Å²) in [5.74, 6) is 0.906. The molecule has 1 N–H and O–H groups in total. The van der Waals surface area contributed by atoms with Crippen LogP contribution in [0.15, 0.2) is 42.7 Å². The molecular formula is C29H34N6O2. The molecule has 1 amide bonds. The van der Waals surface area contributed by atoms with E-state index in [2.05, 4.69) is 46.1 Å². The fourth-order valence-electron chi connectivity index (χ4n) is 4.82. The van der Waals surface area contributed by atoms with Gasteiger partial charge < -0.3 is 19.5 Å². The van der Waals surface area contributed by atoms with Gasteiger partial charge in [-0.2, -0.15) is 0 Å². The maximum Gasteiger partial charge on any atom is 0.410 e. The van der Waals surface area contributed by atoms with Gasteiger partial charge in [-0.25, -0.2) is 9.78 Å². The number of nitrogens with one attached hydrogen (secondary N) is 1. The van der Waals surface area contributed by atoms with Gasteiger partial charge in [0.1, 0.15) is 11.4 Å². The first kappa shape index (κ1) is 24.7. The lowest BCUT2D eigenvalue weighted by Crippen LogP contribution is -2.50. The van der Waals surface area contributed by atoms with Gasteiger partial charge in [0.25, 0.3) is 0 Å². The highest BCUT2D eigenvalue weighted by molar-refractivity contribution is 5.90. The Balaban J connectivity index is 1.31. The molecule has 5 rings (SSSR count). The molecule has 1 fully saturated rings. The lowest BCUT2D eigenvalue weighted by Gasteiger charge is -2.36. The SMILES string of the molecule is Cc1cc(-c2[nH]c3cc(-c4ccc(N5CCN(C(=O)OC(C)(C)C)CC5)nc4)cnc3c2C)cc(C)n1. The largest absolute Gasteiger partial charge is 0.444 e. The van der Waals surface area contributed by atoms with Crippen molar-refractivity contribution in [2.75, 3.05) is 31.1 Å². The normalized spacial score (nSPS) is 14.3. The summed E-state index contributed by atoms with van der Waals surface area (Å²) >= 11 is 0. The van der Waals surface area contributed by atoms with Crippen molar-refractivity contribution < 1.29 is 9.53 Å². The van der Waals surface area contributed by atoms with E-state index in [-0.39, 0.29) is 6.09 Å². The number of aromatic nitrogens is 4. The Labute approximate surface area is 217 Å². The molecule has 0 bridgehead atoms. The molecule has 37 heavy (non-hydrogen) atoms. The van der Waals surface area contributed by atoms with Gasteiger partial charge in [0.15, 0.2) is 0 Å². The smallest absolute Gasteiger partial charge is 0.410 e. The van der Waals surface area contributed by atoms with E-state index in [9.17, 15) is 4.79 Å². The quantitative estimate of drug-likeness (QED) is 0.392. The van der Waals surface area contributed by atoms with Crippen molar-refractivity contribution >= 4 is 22.9 Å². The molecule has 8 heteroatoms. The number of fused-ring (bicyclic) bond motifs is 1. The predicted octanol–water partition coefficient (Wildman–Crippen LogP) is 5.67. The number of ether oxygens (including phenoxy) is 1. The van der Waals surface area contributed by atoms with Crippen LogP contribution in [0, 0.1) is 20.8 Å². The van der Waals surface area contributed by atoms with Crippen molar-refractivity contribution in [3.8, 4) is 22.4 Å². The first-order chi connectivity index (χ1) is 17.6. The molecule has 4 aromatic heterocycles. The lowest BCUT2D eigenvalue weighted by molar-refractivity contribution is 0.0240. The summed E-state index contributed by atoms with van der Waals surface area (Å²) in [4.78, 5) is 33.9. The van der Waals surface area contributed by atoms with Crippen molar-refractivity contribution in [1.29, 1.82) is 0 Å². The number of piperazine rings is 1. The molecule has 0 unspecified atom stereocenters. The van der Waals surface area contributed by atoms with E-state index in [1.807, 2.05) is 53.1 Å². The van der Waals surface area contributed by atoms with Crippen molar-refractivity contribution in [2.24, 2.45) is 0 Å². The Morgan fingerprint density at radius 1 is 0.892 bits per heavy atom. The van der Waals surface area contributed by atoms with Crippen LogP contribution in [0.1, 0.15) is 37.7 Å². The number of rotatable bonds is 3. The van der Waals surface area contributed by atoms with E-state index in [0.717, 1.165) is 69.3 Å². The number of amides is 1. The molecule has 0 spiro atoms. The zero-order valence-corrected chi connectivity index (χ0v) is 22.4. The maximum atomic E-state index is 12.3. The summed E-state index contributed by atoms with van der Waals surface area (Å²) in [6.07, 6.45) is 3.55. The van der Waals surface area contributed by atoms with Crippen LogP contribution in [-0.2, 0) is 4.74 Å². The molecule has 8 nitrogen and oxygen atoms in total. The molecule has 1 saturated heterocycles. The molecule has 1 aliphatic heterocycles. The summed E-state index contributed by atoms with van der Waals surface area (Å²) in [5.41, 5.74) is 8.83. The van der Waals surface area contributed by atoms with Crippen LogP contribution in [0.25, 0.3) is 33.4 Å². The minimum Gasteiger partial charge on any atom is -0.444 e. The zero-order chi connectivity index (χ0) is 26.3. The minimum absolute atomic E-state index is 0.254. The number of anilines is 1. The summed E-state index contributed by atoms with van der Waals surface area (Å²) in [7, 11) is 0. The highest BCUT2D eigenvalue weighted by Crippen LogP contribution is 2.31. The second-order valence-electron chi connectivity index (χ2n) is 10.7. The third kappa shape index (κ3) is 5.28. The van der Waals surface area contributed by atoms with E-state index in [4.69, 9.17) is 14.7 Å². The number of pyridine rings is 3. The summed E-state index contributed by atoms with van der Waals surface area (Å²) < 4.78 is 5.50. The molecule has 0 saturated carbocycles. The van der Waals surface area contributed by atoms with E-state index in [0.29, 0.717) is 13.1 Å². The van der Waals surface area contributed by atoms with E-state index < -0.39 is 5.60 Å². The fraction of sp³-hybridized carbons (Fsp3) is 0.379. The molecule has 192 valence electrons. The molecular weight excluding hydrogens is 464 g/mol. The monoisotopic (exact) mass is 498 g/mol. The molecule has 5 heterocycles. The Morgan fingerprint density at radius 2 is 1.57 bits per heavy atom. The van der Waals surface area contributed by atoms with Crippen LogP contribution in [0.3, 0.4) is 0 Å². The van der Waals surface area contributed by atoms with Gasteiger partial charge in [-0.05, 0) is 71.9 Å². The van der Waals surface area contributed by atoms with Gasteiger partial charge in [-0.3, -0.25) is 9.97 Å². The van der Waals surface area contributed by atoms with Gasteiger partial charge in [-0.1, -0.05) is 0 Å². The van der Waals surface area contributed by atoms with Crippen molar-refractivity contribution in [3.05, 3.63) is 59.7 Å². The number of H-pyrrole nitrogens is 1. The van der Waals surface area contributed by atoms with E-state index in [1.54, 1.807) is 4.90 Å². The highest BCUT2D eigenvalue weighted by Gasteiger charge is 2.26. The number of aryl methyl sites for hydroxylation is 3. The predicted molar refractivity (Wildman–Crippen MR) is 147 cm³/mol. The number of aromatic amines is 1. The van der Waals surface area contributed by atoms with Crippen LogP contribution in [0.2, 0.25) is 0 Å². The maximum absolute atomic E-state index is 12.3. The summed E-state index contributed by atoms with van der Waals surface area (Å²) in [5, 5.41) is 0. The Morgan fingerprint density at radius 3 is 2.19 bits per heavy atom. The second kappa shape index (κ2) is 9.50. The third-order valence-corrected chi connectivity index (χ3v) is 6.58. The standard InChI is InChI=1S/C29H34N6O2/c1-18-13-22(14-19(2)32-18)26-20(3)27-24(33-26)15-23(17-31-27)21-7-8-25(30-16-21)34-9-11-35(12-10-34)28(36)37-29(4,5)6/h7-8,13-17,33H,9-12H2,1-6H3. The van der Waals surface area contributed by atoms with Crippen LogP contribution < -0.4 is 4.90 Å². The number of hydrogen-bond donors (Lipinski definition) is 1. The van der Waals surface area contributed by atoms with Gasteiger partial charge in [0, 0.05) is 72.2 Å². The lowest BCUT2D eigenvalue weighted by atomic mass is 10.1. The second-order valence-corrected chi connectivity index (χ2v) is 10.7. The molecule has 0 aromatic carbocycles. The molecule has 1 aliphatic rings. The van der Waals surface area contributed by atoms with Crippen LogP contribution in [0.5, 0.6) is 0 Å². The van der Waals surface area contributed by atoms with Crippen molar-refractivity contribution in [2.45, 2.75) is 47.1 Å². The fourth-order valence-corrected chi connectivity index (χ4v) is 4.82. The minimum atomic E-state index is -0.485. The summed E-state index contributed by atoms with van der Waals surface area (Å²) in [6, 6.07) is 10.5. The van der Waals surface area contributed by atoms with Crippen molar-refractivity contribution in [3.63, 3.8) is 0 Å². The number of carbonyl (C=O) groups is 1. The average molecular weight is 499 g/mol. The van der Waals surface area contributed by atoms with Gasteiger partial charge in [0.05, 0.1) is 16.7 Å². The Hall–Kier alpha value is -3.94. The zero-order valence-electron chi connectivity index (χ0n) is 22.4. The van der Waals surface area contributed by atoms with Crippen LogP contribution in [-0.4, -0.2) is 62.7 Å². The van der Waals surface area contributed by atoms with Gasteiger partial charge >= 0.3 is 6.09 Å². The Bertz CT molecular complexity index is 1420. The molecule has 0 radical (unpaired) electrons. The van der Waals surface area contributed by atoms with E-state index in [1.165, 1.54) is 0 Å². The molecule has 4 aromatic rings. The van der Waals surface area contributed by atoms with Gasteiger partial charge in [0.2, 0.25) is 0 Å². The van der Waals surface area contributed by atoms with Crippen molar-refractivity contribution in [1.82, 2.24) is 24.8 Å².